The van der Waals surface area contributed by atoms with Crippen LogP contribution in [0.2, 0.25) is 0 Å². The fourth-order valence-electron chi connectivity index (χ4n) is 4.03. The van der Waals surface area contributed by atoms with E-state index in [9.17, 15) is 4.39 Å². The highest BCUT2D eigenvalue weighted by Gasteiger charge is 2.37. The fraction of sp³-hybridized carbons (Fsp3) is 0.727. The molecule has 0 spiro atoms. The lowest BCUT2D eigenvalue weighted by Gasteiger charge is -2.37. The maximum atomic E-state index is 13.0. The Morgan fingerprint density at radius 3 is 2.67 bits per heavy atom. The van der Waals surface area contributed by atoms with E-state index in [0.29, 0.717) is 18.5 Å². The second kappa shape index (κ2) is 8.89. The summed E-state index contributed by atoms with van der Waals surface area (Å²) >= 11 is 0. The van der Waals surface area contributed by atoms with Crippen molar-refractivity contribution < 1.29 is 14.0 Å². The predicted octanol–water partition coefficient (Wildman–Crippen LogP) is 4.36. The van der Waals surface area contributed by atoms with E-state index in [-0.39, 0.29) is 17.3 Å². The van der Waals surface area contributed by atoms with Crippen molar-refractivity contribution in [3.05, 3.63) is 30.1 Å². The van der Waals surface area contributed by atoms with Crippen LogP contribution in [0.4, 0.5) is 4.39 Å². The molecule has 3 unspecified atom stereocenters. The highest BCUT2D eigenvalue weighted by Crippen LogP contribution is 2.30. The molecular weight excluding hydrogens is 343 g/mol. The van der Waals surface area contributed by atoms with Gasteiger partial charge in [-0.2, -0.15) is 5.06 Å². The largest absolute Gasteiger partial charge is 0.493 e. The van der Waals surface area contributed by atoms with Crippen molar-refractivity contribution in [3.8, 4) is 5.75 Å². The Balaban J connectivity index is 1.47. The zero-order valence-electron chi connectivity index (χ0n) is 17.3. The molecule has 2 aliphatic heterocycles. The summed E-state index contributed by atoms with van der Waals surface area (Å²) in [7, 11) is 0. The van der Waals surface area contributed by atoms with E-state index >= 15 is 0 Å². The minimum absolute atomic E-state index is 0.0804. The van der Waals surface area contributed by atoms with E-state index in [1.54, 1.807) is 12.1 Å². The summed E-state index contributed by atoms with van der Waals surface area (Å²) in [6.45, 7) is 13.9. The molecule has 1 aromatic rings. The van der Waals surface area contributed by atoms with E-state index in [2.05, 4.69) is 37.7 Å². The number of piperidine rings is 1. The zero-order valence-corrected chi connectivity index (χ0v) is 17.3. The quantitative estimate of drug-likeness (QED) is 0.704. The molecule has 152 valence electrons. The lowest BCUT2D eigenvalue weighted by Crippen LogP contribution is -2.45. The Morgan fingerprint density at radius 2 is 1.96 bits per heavy atom. The molecule has 0 aromatic heterocycles. The van der Waals surface area contributed by atoms with Crippen LogP contribution in [0.15, 0.2) is 24.3 Å². The summed E-state index contributed by atoms with van der Waals surface area (Å²) in [6, 6.07) is 6.46. The van der Waals surface area contributed by atoms with Crippen molar-refractivity contribution in [2.24, 2.45) is 11.3 Å². The number of nitrogens with zero attached hydrogens (tertiary/aromatic N) is 2. The van der Waals surface area contributed by atoms with Crippen LogP contribution in [0.5, 0.6) is 5.75 Å². The van der Waals surface area contributed by atoms with Gasteiger partial charge in [-0.05, 0) is 62.9 Å². The fourth-order valence-corrected chi connectivity index (χ4v) is 4.03. The molecule has 0 N–H and O–H groups in total. The highest BCUT2D eigenvalue weighted by molar-refractivity contribution is 5.22. The number of likely N-dealkylation sites (tertiary alicyclic amines) is 1. The third kappa shape index (κ3) is 5.66. The molecule has 0 aliphatic carbocycles. The van der Waals surface area contributed by atoms with E-state index in [1.165, 1.54) is 38.1 Å². The number of halogens is 1. The van der Waals surface area contributed by atoms with Gasteiger partial charge < -0.3 is 9.64 Å². The minimum atomic E-state index is -0.241. The van der Waals surface area contributed by atoms with Gasteiger partial charge in [-0.25, -0.2) is 4.39 Å². The number of hydrogen-bond acceptors (Lipinski definition) is 4. The van der Waals surface area contributed by atoms with Crippen LogP contribution in [0, 0.1) is 17.2 Å². The smallest absolute Gasteiger partial charge is 0.123 e. The van der Waals surface area contributed by atoms with E-state index in [0.717, 1.165) is 25.4 Å². The van der Waals surface area contributed by atoms with Crippen molar-refractivity contribution in [1.29, 1.82) is 0 Å². The monoisotopic (exact) mass is 378 g/mol. The molecule has 0 radical (unpaired) electrons. The van der Waals surface area contributed by atoms with Crippen molar-refractivity contribution in [3.63, 3.8) is 0 Å². The zero-order chi connectivity index (χ0) is 19.4. The lowest BCUT2D eigenvalue weighted by molar-refractivity contribution is -0.195. The molecule has 27 heavy (non-hydrogen) atoms. The Morgan fingerprint density at radius 1 is 1.22 bits per heavy atom. The van der Waals surface area contributed by atoms with Crippen LogP contribution >= 0.6 is 0 Å². The lowest BCUT2D eigenvalue weighted by atomic mass is 9.86. The first kappa shape index (κ1) is 20.6. The topological polar surface area (TPSA) is 24.9 Å². The molecule has 5 heteroatoms. The third-order valence-corrected chi connectivity index (χ3v) is 6.15. The SMILES string of the molecule is CC1CCCN(CC2CCN(C(C)C(C)(C)COc3ccc(F)cc3)O2)C1. The molecule has 3 rings (SSSR count). The molecule has 0 amide bonds. The van der Waals surface area contributed by atoms with Crippen molar-refractivity contribution in [2.75, 3.05) is 32.8 Å². The number of hydrogen-bond donors (Lipinski definition) is 0. The average Bonchev–Trinajstić information content (AvgIpc) is 3.09. The molecule has 3 atom stereocenters. The summed E-state index contributed by atoms with van der Waals surface area (Å²) < 4.78 is 18.9. The Labute approximate surface area is 163 Å². The Bertz CT molecular complexity index is 592. The highest BCUT2D eigenvalue weighted by atomic mass is 19.1. The molecule has 4 nitrogen and oxygen atoms in total. The van der Waals surface area contributed by atoms with Gasteiger partial charge in [0.05, 0.1) is 12.7 Å². The maximum absolute atomic E-state index is 13.0. The van der Waals surface area contributed by atoms with Gasteiger partial charge in [0.15, 0.2) is 0 Å². The standard InChI is InChI=1S/C22H35FN2O2/c1-17-6-5-12-24(14-17)15-21-11-13-25(27-21)18(2)22(3,4)16-26-20-9-7-19(23)8-10-20/h7-10,17-18,21H,5-6,11-16H2,1-4H3. The molecule has 2 fully saturated rings. The van der Waals surface area contributed by atoms with Gasteiger partial charge in [0.25, 0.3) is 0 Å². The molecular formula is C22H35FN2O2. The Kier molecular flexibility index (Phi) is 6.77. The van der Waals surface area contributed by atoms with Crippen LogP contribution in [-0.4, -0.2) is 54.9 Å². The summed E-state index contributed by atoms with van der Waals surface area (Å²) in [5.41, 5.74) is -0.0804. The number of hydroxylamine groups is 2. The van der Waals surface area contributed by atoms with Crippen LogP contribution in [0.25, 0.3) is 0 Å². The number of benzene rings is 1. The van der Waals surface area contributed by atoms with Crippen molar-refractivity contribution in [2.45, 2.75) is 59.1 Å². The maximum Gasteiger partial charge on any atom is 0.123 e. The van der Waals surface area contributed by atoms with E-state index < -0.39 is 0 Å². The second-order valence-corrected chi connectivity index (χ2v) is 9.07. The molecule has 2 saturated heterocycles. The second-order valence-electron chi connectivity index (χ2n) is 9.07. The van der Waals surface area contributed by atoms with Gasteiger partial charge >= 0.3 is 0 Å². The third-order valence-electron chi connectivity index (χ3n) is 6.15. The van der Waals surface area contributed by atoms with Crippen LogP contribution < -0.4 is 4.74 Å². The van der Waals surface area contributed by atoms with E-state index in [4.69, 9.17) is 9.57 Å². The molecule has 0 saturated carbocycles. The first-order valence-corrected chi connectivity index (χ1v) is 10.4. The van der Waals surface area contributed by atoms with Gasteiger partial charge in [-0.3, -0.25) is 4.84 Å². The first-order valence-electron chi connectivity index (χ1n) is 10.4. The number of rotatable bonds is 7. The first-order chi connectivity index (χ1) is 12.8. The van der Waals surface area contributed by atoms with Crippen molar-refractivity contribution >= 4 is 0 Å². The van der Waals surface area contributed by atoms with Gasteiger partial charge in [0, 0.05) is 31.1 Å². The van der Waals surface area contributed by atoms with E-state index in [1.807, 2.05) is 0 Å². The summed E-state index contributed by atoms with van der Waals surface area (Å²) in [4.78, 5) is 8.87. The van der Waals surface area contributed by atoms with Gasteiger partial charge in [0.2, 0.25) is 0 Å². The number of ether oxygens (including phenoxy) is 1. The van der Waals surface area contributed by atoms with Gasteiger partial charge in [-0.1, -0.05) is 20.8 Å². The van der Waals surface area contributed by atoms with Crippen LogP contribution in [-0.2, 0) is 4.84 Å². The summed E-state index contributed by atoms with van der Waals surface area (Å²) in [5.74, 6) is 1.27. The van der Waals surface area contributed by atoms with Crippen molar-refractivity contribution in [1.82, 2.24) is 9.96 Å². The Hall–Kier alpha value is -1.17. The molecule has 2 heterocycles. The molecule has 1 aromatic carbocycles. The predicted molar refractivity (Wildman–Crippen MR) is 106 cm³/mol. The van der Waals surface area contributed by atoms with Gasteiger partial charge in [-0.15, -0.1) is 0 Å². The summed E-state index contributed by atoms with van der Waals surface area (Å²) in [6.07, 6.45) is 4.05. The van der Waals surface area contributed by atoms with Crippen LogP contribution in [0.1, 0.15) is 47.0 Å². The molecule has 0 bridgehead atoms. The van der Waals surface area contributed by atoms with Gasteiger partial charge in [0.1, 0.15) is 11.6 Å². The van der Waals surface area contributed by atoms with Crippen LogP contribution in [0.3, 0.4) is 0 Å². The summed E-state index contributed by atoms with van der Waals surface area (Å²) in [5, 5.41) is 2.14. The minimum Gasteiger partial charge on any atom is -0.493 e. The molecule has 2 aliphatic rings. The normalized spacial score (nSPS) is 26.3. The average molecular weight is 379 g/mol.